The van der Waals surface area contributed by atoms with E-state index in [1.54, 1.807) is 13.2 Å². The lowest BCUT2D eigenvalue weighted by atomic mass is 10.1. The Morgan fingerprint density at radius 2 is 1.81 bits per heavy atom. The minimum atomic E-state index is -0.00600. The van der Waals surface area contributed by atoms with Gasteiger partial charge >= 0.3 is 6.03 Å². The molecule has 1 fully saturated rings. The first kappa shape index (κ1) is 19.0. The standard InChI is InChI=1S/C21H27N3O3/c1-16(5-10-20-4-3-15-27-20)22-21(26)24-13-11-23(12-14-24)19-8-6-18(7-9-19)17(2)25/h3-4,6-9,15-16H,5,10-14H2,1-2H3,(H,22,26). The first-order chi connectivity index (χ1) is 13.0. The highest BCUT2D eigenvalue weighted by Crippen LogP contribution is 2.18. The zero-order chi connectivity index (χ0) is 19.2. The van der Waals surface area contributed by atoms with Crippen molar-refractivity contribution < 1.29 is 14.0 Å². The smallest absolute Gasteiger partial charge is 0.317 e. The Balaban J connectivity index is 1.43. The number of nitrogens with one attached hydrogen (secondary N) is 1. The average Bonchev–Trinajstić information content (AvgIpc) is 3.20. The molecular formula is C21H27N3O3. The van der Waals surface area contributed by atoms with Crippen LogP contribution in [0, 0.1) is 0 Å². The monoisotopic (exact) mass is 369 g/mol. The van der Waals surface area contributed by atoms with Gasteiger partial charge in [-0.3, -0.25) is 4.79 Å². The molecular weight excluding hydrogens is 342 g/mol. The van der Waals surface area contributed by atoms with E-state index in [9.17, 15) is 9.59 Å². The fourth-order valence-corrected chi connectivity index (χ4v) is 3.26. The first-order valence-corrected chi connectivity index (χ1v) is 9.46. The van der Waals surface area contributed by atoms with Crippen molar-refractivity contribution >= 4 is 17.5 Å². The second-order valence-corrected chi connectivity index (χ2v) is 7.05. The van der Waals surface area contributed by atoms with Crippen LogP contribution in [0.1, 0.15) is 36.4 Å². The third-order valence-electron chi connectivity index (χ3n) is 4.98. The van der Waals surface area contributed by atoms with E-state index >= 15 is 0 Å². The number of rotatable bonds is 6. The van der Waals surface area contributed by atoms with Crippen molar-refractivity contribution in [3.63, 3.8) is 0 Å². The minimum Gasteiger partial charge on any atom is -0.469 e. The largest absolute Gasteiger partial charge is 0.469 e. The fourth-order valence-electron chi connectivity index (χ4n) is 3.26. The molecule has 1 saturated heterocycles. The molecule has 2 heterocycles. The van der Waals surface area contributed by atoms with Crippen molar-refractivity contribution in [1.29, 1.82) is 0 Å². The van der Waals surface area contributed by atoms with Gasteiger partial charge in [-0.2, -0.15) is 0 Å². The maximum Gasteiger partial charge on any atom is 0.317 e. The highest BCUT2D eigenvalue weighted by Gasteiger charge is 2.22. The quantitative estimate of drug-likeness (QED) is 0.793. The number of hydrogen-bond acceptors (Lipinski definition) is 4. The van der Waals surface area contributed by atoms with E-state index in [0.717, 1.165) is 42.9 Å². The van der Waals surface area contributed by atoms with Crippen molar-refractivity contribution in [2.75, 3.05) is 31.1 Å². The predicted molar refractivity (Wildman–Crippen MR) is 105 cm³/mol. The first-order valence-electron chi connectivity index (χ1n) is 9.46. The fraction of sp³-hybridized carbons (Fsp3) is 0.429. The molecule has 1 aliphatic heterocycles. The lowest BCUT2D eigenvalue weighted by Gasteiger charge is -2.36. The second kappa shape index (κ2) is 8.75. The van der Waals surface area contributed by atoms with Gasteiger partial charge in [0.1, 0.15) is 5.76 Å². The zero-order valence-electron chi connectivity index (χ0n) is 16.0. The van der Waals surface area contributed by atoms with Crippen LogP contribution in [0.2, 0.25) is 0 Å². The topological polar surface area (TPSA) is 65.8 Å². The molecule has 0 aliphatic carbocycles. The number of nitrogens with zero attached hydrogens (tertiary/aromatic N) is 2. The lowest BCUT2D eigenvalue weighted by Crippen LogP contribution is -2.53. The maximum absolute atomic E-state index is 12.5. The van der Waals surface area contributed by atoms with E-state index in [4.69, 9.17) is 4.42 Å². The summed E-state index contributed by atoms with van der Waals surface area (Å²) in [5.41, 5.74) is 1.81. The molecule has 2 amide bonds. The molecule has 27 heavy (non-hydrogen) atoms. The van der Waals surface area contributed by atoms with Gasteiger partial charge in [0.25, 0.3) is 0 Å². The van der Waals surface area contributed by atoms with Gasteiger partial charge in [-0.15, -0.1) is 0 Å². The number of carbonyl (C=O) groups is 2. The maximum atomic E-state index is 12.5. The van der Waals surface area contributed by atoms with Crippen molar-refractivity contribution in [2.45, 2.75) is 32.7 Å². The zero-order valence-corrected chi connectivity index (χ0v) is 16.0. The summed E-state index contributed by atoms with van der Waals surface area (Å²) >= 11 is 0. The Bertz CT molecular complexity index is 747. The summed E-state index contributed by atoms with van der Waals surface area (Å²) < 4.78 is 5.33. The average molecular weight is 369 g/mol. The van der Waals surface area contributed by atoms with Crippen molar-refractivity contribution in [3.05, 3.63) is 54.0 Å². The number of piperazine rings is 1. The van der Waals surface area contributed by atoms with Gasteiger partial charge in [-0.05, 0) is 56.7 Å². The Morgan fingerprint density at radius 1 is 1.11 bits per heavy atom. The van der Waals surface area contributed by atoms with Crippen LogP contribution in [0.5, 0.6) is 0 Å². The van der Waals surface area contributed by atoms with Crippen LogP contribution in [-0.2, 0) is 6.42 Å². The van der Waals surface area contributed by atoms with Crippen LogP contribution in [-0.4, -0.2) is 48.9 Å². The molecule has 1 aliphatic rings. The molecule has 0 bridgehead atoms. The number of aryl methyl sites for hydroxylation is 1. The summed E-state index contributed by atoms with van der Waals surface area (Å²) in [5, 5.41) is 3.08. The Morgan fingerprint density at radius 3 is 2.41 bits per heavy atom. The third kappa shape index (κ3) is 5.12. The number of amides is 2. The van der Waals surface area contributed by atoms with Crippen molar-refractivity contribution in [3.8, 4) is 0 Å². The number of Topliss-reactive ketones (excluding diaryl/α,β-unsaturated/α-hetero) is 1. The summed E-state index contributed by atoms with van der Waals surface area (Å²) in [6.07, 6.45) is 3.34. The summed E-state index contributed by atoms with van der Waals surface area (Å²) in [7, 11) is 0. The lowest BCUT2D eigenvalue weighted by molar-refractivity contribution is 0.101. The number of furan rings is 1. The van der Waals surface area contributed by atoms with Gasteiger partial charge in [0.15, 0.2) is 5.78 Å². The van der Waals surface area contributed by atoms with E-state index in [1.807, 2.05) is 48.2 Å². The normalized spacial score (nSPS) is 15.5. The molecule has 6 nitrogen and oxygen atoms in total. The molecule has 1 aromatic heterocycles. The van der Waals surface area contributed by atoms with Gasteiger partial charge < -0.3 is 19.5 Å². The van der Waals surface area contributed by atoms with E-state index in [-0.39, 0.29) is 17.9 Å². The third-order valence-corrected chi connectivity index (χ3v) is 4.98. The van der Waals surface area contributed by atoms with Crippen LogP contribution in [0.4, 0.5) is 10.5 Å². The van der Waals surface area contributed by atoms with Gasteiger partial charge in [-0.25, -0.2) is 4.79 Å². The van der Waals surface area contributed by atoms with Gasteiger partial charge in [0.2, 0.25) is 0 Å². The van der Waals surface area contributed by atoms with E-state index in [2.05, 4.69) is 10.2 Å². The number of ketones is 1. The van der Waals surface area contributed by atoms with Crippen LogP contribution in [0.3, 0.4) is 0 Å². The Hall–Kier alpha value is -2.76. The molecule has 144 valence electrons. The molecule has 3 rings (SSSR count). The molecule has 1 atom stereocenters. The predicted octanol–water partition coefficient (Wildman–Crippen LogP) is 3.34. The molecule has 6 heteroatoms. The number of anilines is 1. The van der Waals surface area contributed by atoms with E-state index < -0.39 is 0 Å². The van der Waals surface area contributed by atoms with Crippen LogP contribution in [0.15, 0.2) is 47.1 Å². The highest BCUT2D eigenvalue weighted by atomic mass is 16.3. The number of urea groups is 1. The molecule has 0 radical (unpaired) electrons. The summed E-state index contributed by atoms with van der Waals surface area (Å²) in [4.78, 5) is 28.0. The molecule has 1 aromatic carbocycles. The highest BCUT2D eigenvalue weighted by molar-refractivity contribution is 5.94. The Kier molecular flexibility index (Phi) is 6.16. The van der Waals surface area contributed by atoms with Gasteiger partial charge in [0.05, 0.1) is 6.26 Å². The van der Waals surface area contributed by atoms with Crippen LogP contribution in [0.25, 0.3) is 0 Å². The minimum absolute atomic E-state index is 0.00600. The summed E-state index contributed by atoms with van der Waals surface area (Å²) in [6.45, 7) is 6.54. The molecule has 1 N–H and O–H groups in total. The molecule has 2 aromatic rings. The number of carbonyl (C=O) groups excluding carboxylic acids is 2. The number of hydrogen-bond donors (Lipinski definition) is 1. The molecule has 0 saturated carbocycles. The van der Waals surface area contributed by atoms with Gasteiger partial charge in [-0.1, -0.05) is 0 Å². The van der Waals surface area contributed by atoms with E-state index in [0.29, 0.717) is 13.1 Å². The Labute approximate surface area is 160 Å². The second-order valence-electron chi connectivity index (χ2n) is 7.05. The molecule has 0 spiro atoms. The van der Waals surface area contributed by atoms with Crippen LogP contribution >= 0.6 is 0 Å². The van der Waals surface area contributed by atoms with Crippen LogP contribution < -0.4 is 10.2 Å². The SMILES string of the molecule is CC(=O)c1ccc(N2CCN(C(=O)NC(C)CCc3ccco3)CC2)cc1. The number of benzene rings is 1. The summed E-state index contributed by atoms with van der Waals surface area (Å²) in [5.74, 6) is 1.02. The van der Waals surface area contributed by atoms with Crippen molar-refractivity contribution in [2.24, 2.45) is 0 Å². The van der Waals surface area contributed by atoms with Crippen molar-refractivity contribution in [1.82, 2.24) is 10.2 Å². The van der Waals surface area contributed by atoms with Gasteiger partial charge in [0, 0.05) is 49.9 Å². The summed E-state index contributed by atoms with van der Waals surface area (Å²) in [6, 6.07) is 11.6. The van der Waals surface area contributed by atoms with E-state index in [1.165, 1.54) is 0 Å². The molecule has 1 unspecified atom stereocenters.